The van der Waals surface area contributed by atoms with Crippen molar-refractivity contribution in [1.82, 2.24) is 0 Å². The minimum absolute atomic E-state index is 0.635. The standard InChI is InChI=1S/C13H13F17O3Si/c1-5(14)7(17,18)9(21,22)11(25,26)13(29,30)12(27,28)10(23,24)8(19,20)6(15,16)4-33-34(31-2)32-3/h5,34H,4H2,1-3H3. The fourth-order valence-corrected chi connectivity index (χ4v) is 2.78. The molecule has 0 saturated carbocycles. The zero-order valence-corrected chi connectivity index (χ0v) is 17.7. The quantitative estimate of drug-likeness (QED) is 0.219. The van der Waals surface area contributed by atoms with Crippen LogP contribution in [0.25, 0.3) is 0 Å². The monoisotopic (exact) mass is 568 g/mol. The molecule has 0 rings (SSSR count). The van der Waals surface area contributed by atoms with E-state index >= 15 is 0 Å². The Labute approximate surface area is 180 Å². The van der Waals surface area contributed by atoms with Gasteiger partial charge in [0.05, 0.1) is 0 Å². The fourth-order valence-electron chi connectivity index (χ4n) is 1.97. The van der Waals surface area contributed by atoms with Crippen LogP contribution in [0.2, 0.25) is 0 Å². The van der Waals surface area contributed by atoms with Gasteiger partial charge in [0.1, 0.15) is 6.61 Å². The lowest BCUT2D eigenvalue weighted by atomic mass is 9.87. The van der Waals surface area contributed by atoms with Gasteiger partial charge in [0, 0.05) is 14.2 Å². The molecule has 0 aromatic carbocycles. The van der Waals surface area contributed by atoms with Crippen LogP contribution in [0.4, 0.5) is 74.6 Å². The Morgan fingerprint density at radius 3 is 1.15 bits per heavy atom. The molecule has 1 unspecified atom stereocenters. The lowest BCUT2D eigenvalue weighted by Gasteiger charge is -2.43. The van der Waals surface area contributed by atoms with Crippen molar-refractivity contribution in [3.05, 3.63) is 0 Å². The highest BCUT2D eigenvalue weighted by molar-refractivity contribution is 6.36. The minimum atomic E-state index is -8.60. The minimum Gasteiger partial charge on any atom is -0.379 e. The molecular weight excluding hydrogens is 555 g/mol. The van der Waals surface area contributed by atoms with Gasteiger partial charge in [0.2, 0.25) is 0 Å². The first-order chi connectivity index (χ1) is 14.7. The van der Waals surface area contributed by atoms with Crippen molar-refractivity contribution >= 4 is 9.53 Å². The Balaban J connectivity index is 6.60. The molecule has 0 bridgehead atoms. The maximum atomic E-state index is 13.6. The number of hydrogen-bond acceptors (Lipinski definition) is 3. The molecule has 0 aliphatic rings. The molecule has 0 heterocycles. The highest BCUT2D eigenvalue weighted by atomic mass is 28.3. The number of rotatable bonds is 13. The Morgan fingerprint density at radius 1 is 0.559 bits per heavy atom. The second-order valence-corrected chi connectivity index (χ2v) is 8.31. The maximum Gasteiger partial charge on any atom is 0.483 e. The molecule has 0 radical (unpaired) electrons. The van der Waals surface area contributed by atoms with E-state index in [9.17, 15) is 74.6 Å². The number of hydrogen-bond donors (Lipinski definition) is 0. The summed E-state index contributed by atoms with van der Waals surface area (Å²) < 4.78 is 240. The zero-order chi connectivity index (χ0) is 28.0. The van der Waals surface area contributed by atoms with E-state index in [2.05, 4.69) is 13.3 Å². The van der Waals surface area contributed by atoms with Gasteiger partial charge in [-0.3, -0.25) is 0 Å². The molecule has 0 fully saturated rings. The molecular formula is C13H13F17O3Si. The Bertz CT molecular complexity index is 692. The van der Waals surface area contributed by atoms with Crippen LogP contribution in [0.1, 0.15) is 6.92 Å². The van der Waals surface area contributed by atoms with E-state index in [1.807, 2.05) is 0 Å². The highest BCUT2D eigenvalue weighted by Gasteiger charge is 2.95. The van der Waals surface area contributed by atoms with E-state index in [-0.39, 0.29) is 0 Å². The van der Waals surface area contributed by atoms with Gasteiger partial charge in [0.15, 0.2) is 6.17 Å². The summed E-state index contributed by atoms with van der Waals surface area (Å²) in [6.45, 7) is -3.68. The number of alkyl halides is 17. The molecule has 0 aromatic heterocycles. The highest BCUT2D eigenvalue weighted by Crippen LogP contribution is 2.64. The Hall–Kier alpha value is -1.09. The molecule has 0 amide bonds. The average molecular weight is 568 g/mol. The summed E-state index contributed by atoms with van der Waals surface area (Å²) in [5.74, 6) is -63.2. The van der Waals surface area contributed by atoms with Gasteiger partial charge in [-0.15, -0.1) is 0 Å². The van der Waals surface area contributed by atoms with Crippen LogP contribution in [-0.4, -0.2) is 83.9 Å². The van der Waals surface area contributed by atoms with Gasteiger partial charge in [-0.2, -0.15) is 70.2 Å². The second kappa shape index (κ2) is 9.41. The van der Waals surface area contributed by atoms with E-state index in [1.54, 1.807) is 0 Å². The van der Waals surface area contributed by atoms with E-state index in [0.717, 1.165) is 0 Å². The molecule has 0 aliphatic carbocycles. The summed E-state index contributed by atoms with van der Waals surface area (Å²) in [6, 6.07) is 0. The fraction of sp³-hybridized carbons (Fsp3) is 1.00. The van der Waals surface area contributed by atoms with Crippen LogP contribution >= 0.6 is 0 Å². The maximum absolute atomic E-state index is 13.6. The smallest absolute Gasteiger partial charge is 0.379 e. The molecule has 0 aromatic rings. The summed E-state index contributed by atoms with van der Waals surface area (Å²) in [5, 5.41) is 0. The van der Waals surface area contributed by atoms with Gasteiger partial charge in [-0.25, -0.2) is 4.39 Å². The first-order valence-electron chi connectivity index (χ1n) is 8.02. The summed E-state index contributed by atoms with van der Waals surface area (Å²) >= 11 is 0. The third kappa shape index (κ3) is 4.55. The van der Waals surface area contributed by atoms with Gasteiger partial charge >= 0.3 is 56.9 Å². The van der Waals surface area contributed by atoms with E-state index in [1.165, 1.54) is 0 Å². The van der Waals surface area contributed by atoms with E-state index < -0.39 is 76.6 Å². The average Bonchev–Trinajstić information content (AvgIpc) is 2.67. The zero-order valence-electron chi connectivity index (χ0n) is 16.5. The summed E-state index contributed by atoms with van der Waals surface area (Å²) in [6.07, 6.45) is -4.50. The van der Waals surface area contributed by atoms with Gasteiger partial charge < -0.3 is 13.3 Å². The van der Waals surface area contributed by atoms with Crippen LogP contribution in [-0.2, 0) is 13.3 Å². The van der Waals surface area contributed by atoms with Crippen molar-refractivity contribution in [1.29, 1.82) is 0 Å². The largest absolute Gasteiger partial charge is 0.483 e. The third-order valence-electron chi connectivity index (χ3n) is 4.13. The van der Waals surface area contributed by atoms with Crippen molar-refractivity contribution in [3.8, 4) is 0 Å². The summed E-state index contributed by atoms with van der Waals surface area (Å²) in [4.78, 5) is 0. The predicted molar refractivity (Wildman–Crippen MR) is 77.3 cm³/mol. The van der Waals surface area contributed by atoms with Crippen LogP contribution < -0.4 is 0 Å². The molecule has 0 saturated heterocycles. The number of halogens is 17. The van der Waals surface area contributed by atoms with Crippen LogP contribution in [0.15, 0.2) is 0 Å². The Morgan fingerprint density at radius 2 is 0.853 bits per heavy atom. The van der Waals surface area contributed by atoms with Crippen molar-refractivity contribution in [3.63, 3.8) is 0 Å². The molecule has 206 valence electrons. The third-order valence-corrected chi connectivity index (χ3v) is 5.34. The topological polar surface area (TPSA) is 27.7 Å². The molecule has 3 nitrogen and oxygen atoms in total. The van der Waals surface area contributed by atoms with Crippen molar-refractivity contribution in [2.45, 2.75) is 60.5 Å². The van der Waals surface area contributed by atoms with Crippen molar-refractivity contribution in [2.24, 2.45) is 0 Å². The molecule has 0 aliphatic heterocycles. The SMILES string of the molecule is CO[SiH](OC)OCC(F)(F)C(F)(F)C(F)(F)C(F)(F)C(F)(F)C(F)(F)C(F)(F)C(F)(F)C(C)F. The lowest BCUT2D eigenvalue weighted by molar-refractivity contribution is -0.455. The molecule has 1 atom stereocenters. The van der Waals surface area contributed by atoms with Crippen LogP contribution in [0.5, 0.6) is 0 Å². The molecule has 0 N–H and O–H groups in total. The van der Waals surface area contributed by atoms with Gasteiger partial charge in [-0.1, -0.05) is 0 Å². The first kappa shape index (κ1) is 32.9. The summed E-state index contributed by atoms with van der Waals surface area (Å²) in [7, 11) is -2.53. The van der Waals surface area contributed by atoms with E-state index in [0.29, 0.717) is 14.2 Å². The van der Waals surface area contributed by atoms with Gasteiger partial charge in [-0.05, 0) is 6.92 Å². The Kier molecular flexibility index (Phi) is 9.11. The second-order valence-electron chi connectivity index (χ2n) is 6.46. The normalized spacial score (nSPS) is 16.9. The first-order valence-corrected chi connectivity index (χ1v) is 9.44. The van der Waals surface area contributed by atoms with Crippen LogP contribution in [0, 0.1) is 0 Å². The molecule has 21 heteroatoms. The molecule has 0 spiro atoms. The van der Waals surface area contributed by atoms with Crippen LogP contribution in [0.3, 0.4) is 0 Å². The van der Waals surface area contributed by atoms with Gasteiger partial charge in [0.25, 0.3) is 0 Å². The molecule has 34 heavy (non-hydrogen) atoms. The summed E-state index contributed by atoms with van der Waals surface area (Å²) in [5.41, 5.74) is 0. The van der Waals surface area contributed by atoms with E-state index in [4.69, 9.17) is 0 Å². The predicted octanol–water partition coefficient (Wildman–Crippen LogP) is 5.45. The lowest BCUT2D eigenvalue weighted by Crippen LogP contribution is -2.75. The van der Waals surface area contributed by atoms with Crippen molar-refractivity contribution < 1.29 is 87.9 Å². The van der Waals surface area contributed by atoms with Crippen molar-refractivity contribution in [2.75, 3.05) is 20.8 Å².